The molecule has 2 N–H and O–H groups in total. The van der Waals surface area contributed by atoms with Gasteiger partial charge in [-0.1, -0.05) is 12.2 Å². The Kier molecular flexibility index (Phi) is 4.33. The van der Waals surface area contributed by atoms with Crippen LogP contribution in [0.3, 0.4) is 0 Å². The molecule has 0 saturated heterocycles. The van der Waals surface area contributed by atoms with Crippen LogP contribution in [0.15, 0.2) is 12.2 Å². The molecule has 0 aromatic rings. The van der Waals surface area contributed by atoms with Gasteiger partial charge in [-0.15, -0.1) is 0 Å². The summed E-state index contributed by atoms with van der Waals surface area (Å²) in [5.41, 5.74) is 0. The van der Waals surface area contributed by atoms with E-state index < -0.39 is 0 Å². The van der Waals surface area contributed by atoms with Crippen LogP contribution < -0.4 is 0 Å². The lowest BCUT2D eigenvalue weighted by molar-refractivity contribution is 0.104. The third-order valence-corrected chi connectivity index (χ3v) is 2.44. The van der Waals surface area contributed by atoms with E-state index in [-0.39, 0.29) is 12.7 Å². The van der Waals surface area contributed by atoms with E-state index in [1.165, 1.54) is 6.42 Å². The second kappa shape index (κ2) is 5.33. The minimum atomic E-state index is -0.242. The van der Waals surface area contributed by atoms with Gasteiger partial charge in [-0.25, -0.2) is 0 Å². The smallest absolute Gasteiger partial charge is 0.0603 e. The zero-order valence-electron chi connectivity index (χ0n) is 7.45. The molecule has 0 radical (unpaired) electrons. The van der Waals surface area contributed by atoms with Gasteiger partial charge in [-0.2, -0.15) is 0 Å². The fourth-order valence-electron chi connectivity index (χ4n) is 1.67. The molecule has 12 heavy (non-hydrogen) atoms. The lowest BCUT2D eigenvalue weighted by Gasteiger charge is -2.21. The molecule has 2 nitrogen and oxygen atoms in total. The molecule has 1 aliphatic rings. The molecule has 1 aliphatic carbocycles. The molecule has 0 unspecified atom stereocenters. The second-order valence-electron chi connectivity index (χ2n) is 3.46. The number of allylic oxidation sites excluding steroid dienone is 1. The summed E-state index contributed by atoms with van der Waals surface area (Å²) in [6.07, 6.45) is 8.91. The van der Waals surface area contributed by atoms with E-state index >= 15 is 0 Å². The Hall–Kier alpha value is -0.340. The molecule has 0 fully saturated rings. The Balaban J connectivity index is 2.25. The van der Waals surface area contributed by atoms with Crippen molar-refractivity contribution in [2.75, 3.05) is 6.61 Å². The maximum atomic E-state index is 9.64. The van der Waals surface area contributed by atoms with Crippen molar-refractivity contribution < 1.29 is 10.2 Å². The molecule has 0 amide bonds. The quantitative estimate of drug-likeness (QED) is 0.627. The Morgan fingerprint density at radius 1 is 1.50 bits per heavy atom. The molecule has 0 aliphatic heterocycles. The third-order valence-electron chi connectivity index (χ3n) is 2.44. The topological polar surface area (TPSA) is 40.5 Å². The van der Waals surface area contributed by atoms with Crippen molar-refractivity contribution in [3.8, 4) is 0 Å². The van der Waals surface area contributed by atoms with Gasteiger partial charge in [-0.3, -0.25) is 0 Å². The molecule has 0 heterocycles. The minimum absolute atomic E-state index is 0.188. The molecule has 70 valence electrons. The summed E-state index contributed by atoms with van der Waals surface area (Å²) in [7, 11) is 0. The number of hydrogen-bond donors (Lipinski definition) is 2. The lowest BCUT2D eigenvalue weighted by atomic mass is 9.89. The Bertz CT molecular complexity index is 143. The van der Waals surface area contributed by atoms with Crippen LogP contribution in [0, 0.1) is 5.92 Å². The van der Waals surface area contributed by atoms with Gasteiger partial charge in [0.05, 0.1) is 6.10 Å². The zero-order chi connectivity index (χ0) is 8.81. The molecule has 0 saturated carbocycles. The Morgan fingerprint density at radius 2 is 2.33 bits per heavy atom. The van der Waals surface area contributed by atoms with Crippen LogP contribution in [-0.4, -0.2) is 22.9 Å². The molecular formula is C10H18O2. The largest absolute Gasteiger partial charge is 0.396 e. The van der Waals surface area contributed by atoms with Gasteiger partial charge in [0, 0.05) is 12.5 Å². The van der Waals surface area contributed by atoms with Crippen molar-refractivity contribution in [3.05, 3.63) is 12.2 Å². The van der Waals surface area contributed by atoms with Crippen LogP contribution in [0.5, 0.6) is 0 Å². The number of hydrogen-bond acceptors (Lipinski definition) is 2. The van der Waals surface area contributed by atoms with Crippen LogP contribution in [0.4, 0.5) is 0 Å². The second-order valence-corrected chi connectivity index (χ2v) is 3.46. The van der Waals surface area contributed by atoms with Crippen molar-refractivity contribution in [1.82, 2.24) is 0 Å². The highest BCUT2D eigenvalue weighted by molar-refractivity contribution is 4.95. The lowest BCUT2D eigenvalue weighted by Crippen LogP contribution is -2.20. The first-order chi connectivity index (χ1) is 5.84. The predicted octanol–water partition coefficient (Wildman–Crippen LogP) is 1.48. The highest BCUT2D eigenvalue weighted by Crippen LogP contribution is 2.22. The van der Waals surface area contributed by atoms with Crippen LogP contribution in [0.2, 0.25) is 0 Å². The van der Waals surface area contributed by atoms with E-state index in [1.54, 1.807) is 0 Å². The van der Waals surface area contributed by atoms with Crippen molar-refractivity contribution >= 4 is 0 Å². The summed E-state index contributed by atoms with van der Waals surface area (Å²) < 4.78 is 0. The summed E-state index contributed by atoms with van der Waals surface area (Å²) in [5, 5.41) is 18.2. The third kappa shape index (κ3) is 2.95. The number of rotatable bonds is 4. The monoisotopic (exact) mass is 170 g/mol. The van der Waals surface area contributed by atoms with E-state index in [1.807, 2.05) is 0 Å². The Morgan fingerprint density at radius 3 is 2.92 bits per heavy atom. The van der Waals surface area contributed by atoms with E-state index in [2.05, 4.69) is 12.2 Å². The van der Waals surface area contributed by atoms with Crippen LogP contribution in [0.25, 0.3) is 0 Å². The summed E-state index contributed by atoms with van der Waals surface area (Å²) in [6.45, 7) is 0.188. The van der Waals surface area contributed by atoms with Gasteiger partial charge < -0.3 is 10.2 Å². The Labute approximate surface area is 73.9 Å². The van der Waals surface area contributed by atoms with Gasteiger partial charge in [0.25, 0.3) is 0 Å². The van der Waals surface area contributed by atoms with Crippen molar-refractivity contribution in [2.24, 2.45) is 5.92 Å². The average Bonchev–Trinajstić information content (AvgIpc) is 2.15. The van der Waals surface area contributed by atoms with Crippen molar-refractivity contribution in [3.63, 3.8) is 0 Å². The number of aliphatic hydroxyl groups is 2. The minimum Gasteiger partial charge on any atom is -0.396 e. The molecule has 0 aromatic carbocycles. The van der Waals surface area contributed by atoms with Gasteiger partial charge in [-0.05, 0) is 32.1 Å². The van der Waals surface area contributed by atoms with Crippen LogP contribution in [0.1, 0.15) is 32.1 Å². The van der Waals surface area contributed by atoms with Gasteiger partial charge >= 0.3 is 0 Å². The van der Waals surface area contributed by atoms with Gasteiger partial charge in [0.1, 0.15) is 0 Å². The first-order valence-electron chi connectivity index (χ1n) is 4.80. The average molecular weight is 170 g/mol. The summed E-state index contributed by atoms with van der Waals surface area (Å²) in [6, 6.07) is 0. The fourth-order valence-corrected chi connectivity index (χ4v) is 1.67. The van der Waals surface area contributed by atoms with E-state index in [9.17, 15) is 5.11 Å². The standard InChI is InChI=1S/C10H18O2/c11-8-4-7-10(12)9-5-2-1-3-6-9/h2,5,9-12H,1,3-4,6-8H2/t9-,10-/m1/s1. The number of aliphatic hydroxyl groups excluding tert-OH is 2. The van der Waals surface area contributed by atoms with Crippen molar-refractivity contribution in [2.45, 2.75) is 38.2 Å². The van der Waals surface area contributed by atoms with Crippen LogP contribution >= 0.6 is 0 Å². The summed E-state index contributed by atoms with van der Waals surface area (Å²) in [5.74, 6) is 0.338. The highest BCUT2D eigenvalue weighted by atomic mass is 16.3. The molecule has 0 spiro atoms. The maximum Gasteiger partial charge on any atom is 0.0603 e. The fraction of sp³-hybridized carbons (Fsp3) is 0.800. The summed E-state index contributed by atoms with van der Waals surface area (Å²) >= 11 is 0. The molecular weight excluding hydrogens is 152 g/mol. The summed E-state index contributed by atoms with van der Waals surface area (Å²) in [4.78, 5) is 0. The first kappa shape index (κ1) is 9.75. The molecule has 1 rings (SSSR count). The normalized spacial score (nSPS) is 25.7. The predicted molar refractivity (Wildman–Crippen MR) is 48.8 cm³/mol. The molecule has 2 heteroatoms. The van der Waals surface area contributed by atoms with Gasteiger partial charge in [0.2, 0.25) is 0 Å². The molecule has 0 aromatic heterocycles. The van der Waals surface area contributed by atoms with E-state index in [0.717, 1.165) is 19.3 Å². The molecule has 0 bridgehead atoms. The SMILES string of the molecule is OCCC[C@@H](O)[C@@H]1C=CCCC1. The molecule has 2 atom stereocenters. The maximum absolute atomic E-state index is 9.64. The highest BCUT2D eigenvalue weighted by Gasteiger charge is 2.17. The van der Waals surface area contributed by atoms with E-state index in [0.29, 0.717) is 12.3 Å². The van der Waals surface area contributed by atoms with Crippen molar-refractivity contribution in [1.29, 1.82) is 0 Å². The zero-order valence-corrected chi connectivity index (χ0v) is 7.45. The van der Waals surface area contributed by atoms with Gasteiger partial charge in [0.15, 0.2) is 0 Å². The first-order valence-corrected chi connectivity index (χ1v) is 4.80. The van der Waals surface area contributed by atoms with Crippen LogP contribution in [-0.2, 0) is 0 Å². The van der Waals surface area contributed by atoms with E-state index in [4.69, 9.17) is 5.11 Å².